The van der Waals surface area contributed by atoms with E-state index in [4.69, 9.17) is 23.2 Å². The van der Waals surface area contributed by atoms with Gasteiger partial charge in [0.15, 0.2) is 0 Å². The molecule has 0 fully saturated rings. The number of hydrogen-bond donors (Lipinski definition) is 2. The van der Waals surface area contributed by atoms with Crippen molar-refractivity contribution in [1.82, 2.24) is 9.88 Å². The van der Waals surface area contributed by atoms with Gasteiger partial charge in [-0.15, -0.1) is 0 Å². The van der Waals surface area contributed by atoms with Crippen molar-refractivity contribution in [2.75, 3.05) is 18.4 Å². The number of aromatic nitrogens is 1. The molecule has 3 aromatic rings. The van der Waals surface area contributed by atoms with Gasteiger partial charge in [-0.2, -0.15) is 0 Å². The first-order valence-electron chi connectivity index (χ1n) is 7.78. The molecule has 1 aliphatic heterocycles. The minimum atomic E-state index is -0.116. The van der Waals surface area contributed by atoms with Gasteiger partial charge in [0.25, 0.3) is 5.91 Å². The summed E-state index contributed by atoms with van der Waals surface area (Å²) >= 11 is 12.4. The highest BCUT2D eigenvalue weighted by atomic mass is 35.5. The van der Waals surface area contributed by atoms with Gasteiger partial charge in [-0.3, -0.25) is 14.7 Å². The SMILES string of the molecule is O=C(c1ccc2[nH]ccc2c1)N1CCN=C1Nc1c(Cl)cccc1Cl. The molecule has 0 spiro atoms. The Hall–Kier alpha value is -2.50. The number of guanidine groups is 1. The average Bonchev–Trinajstić information content (AvgIpc) is 3.26. The monoisotopic (exact) mass is 372 g/mol. The van der Waals surface area contributed by atoms with Gasteiger partial charge < -0.3 is 10.3 Å². The Bertz CT molecular complexity index is 975. The second-order valence-electron chi connectivity index (χ2n) is 5.66. The molecule has 4 rings (SSSR count). The van der Waals surface area contributed by atoms with Crippen molar-refractivity contribution in [1.29, 1.82) is 0 Å². The van der Waals surface area contributed by atoms with Crippen molar-refractivity contribution in [2.45, 2.75) is 0 Å². The van der Waals surface area contributed by atoms with Gasteiger partial charge in [-0.1, -0.05) is 29.3 Å². The number of anilines is 1. The van der Waals surface area contributed by atoms with E-state index in [2.05, 4.69) is 15.3 Å². The molecule has 126 valence electrons. The fourth-order valence-electron chi connectivity index (χ4n) is 2.82. The highest BCUT2D eigenvalue weighted by Gasteiger charge is 2.26. The largest absolute Gasteiger partial charge is 0.361 e. The van der Waals surface area contributed by atoms with E-state index in [1.54, 1.807) is 29.2 Å². The predicted molar refractivity (Wildman–Crippen MR) is 102 cm³/mol. The Morgan fingerprint density at radius 3 is 2.76 bits per heavy atom. The maximum absolute atomic E-state index is 12.9. The van der Waals surface area contributed by atoms with Crippen molar-refractivity contribution in [3.8, 4) is 0 Å². The molecule has 1 amide bonds. The molecule has 2 heterocycles. The molecule has 7 heteroatoms. The van der Waals surface area contributed by atoms with E-state index in [-0.39, 0.29) is 5.91 Å². The van der Waals surface area contributed by atoms with Crippen LogP contribution < -0.4 is 5.32 Å². The molecule has 0 atom stereocenters. The number of nitrogens with zero attached hydrogens (tertiary/aromatic N) is 2. The highest BCUT2D eigenvalue weighted by molar-refractivity contribution is 6.40. The van der Waals surface area contributed by atoms with Crippen molar-refractivity contribution in [2.24, 2.45) is 4.99 Å². The molecule has 0 bridgehead atoms. The van der Waals surface area contributed by atoms with Crippen LogP contribution >= 0.6 is 23.2 Å². The Morgan fingerprint density at radius 1 is 1.16 bits per heavy atom. The maximum atomic E-state index is 12.9. The third-order valence-corrected chi connectivity index (χ3v) is 4.72. The third kappa shape index (κ3) is 2.97. The van der Waals surface area contributed by atoms with Crippen molar-refractivity contribution >= 4 is 51.7 Å². The number of para-hydroxylation sites is 1. The molecular weight excluding hydrogens is 359 g/mol. The number of nitrogens with one attached hydrogen (secondary N) is 2. The Balaban J connectivity index is 1.61. The molecule has 1 aliphatic rings. The number of halogens is 2. The molecule has 1 aromatic heterocycles. The zero-order valence-corrected chi connectivity index (χ0v) is 14.6. The van der Waals surface area contributed by atoms with E-state index in [0.29, 0.717) is 40.3 Å². The summed E-state index contributed by atoms with van der Waals surface area (Å²) in [6.45, 7) is 1.04. The lowest BCUT2D eigenvalue weighted by molar-refractivity contribution is 0.0858. The van der Waals surface area contributed by atoms with Crippen LogP contribution in [-0.2, 0) is 0 Å². The third-order valence-electron chi connectivity index (χ3n) is 4.09. The van der Waals surface area contributed by atoms with E-state index >= 15 is 0 Å². The zero-order valence-electron chi connectivity index (χ0n) is 13.1. The minimum Gasteiger partial charge on any atom is -0.361 e. The van der Waals surface area contributed by atoms with Gasteiger partial charge in [-0.05, 0) is 36.4 Å². The molecule has 5 nitrogen and oxygen atoms in total. The van der Waals surface area contributed by atoms with Gasteiger partial charge in [0.2, 0.25) is 5.96 Å². The topological polar surface area (TPSA) is 60.5 Å². The van der Waals surface area contributed by atoms with Crippen LogP contribution in [0.5, 0.6) is 0 Å². The fourth-order valence-corrected chi connectivity index (χ4v) is 3.32. The van der Waals surface area contributed by atoms with Crippen LogP contribution in [0.25, 0.3) is 10.9 Å². The van der Waals surface area contributed by atoms with Crippen LogP contribution in [-0.4, -0.2) is 34.8 Å². The summed E-state index contributed by atoms with van der Waals surface area (Å²) in [7, 11) is 0. The van der Waals surface area contributed by atoms with Crippen LogP contribution in [0.4, 0.5) is 5.69 Å². The van der Waals surface area contributed by atoms with E-state index < -0.39 is 0 Å². The van der Waals surface area contributed by atoms with Crippen LogP contribution in [0.1, 0.15) is 10.4 Å². The molecule has 2 N–H and O–H groups in total. The number of carbonyl (C=O) groups excluding carboxylic acids is 1. The first kappa shape index (κ1) is 16.0. The molecule has 0 saturated heterocycles. The van der Waals surface area contributed by atoms with Crippen LogP contribution in [0.3, 0.4) is 0 Å². The summed E-state index contributed by atoms with van der Waals surface area (Å²) in [4.78, 5) is 22.0. The van der Waals surface area contributed by atoms with E-state index in [1.807, 2.05) is 24.4 Å². The minimum absolute atomic E-state index is 0.116. The normalized spacial score (nSPS) is 14.0. The number of amides is 1. The molecule has 0 saturated carbocycles. The number of aliphatic imine (C=N–C) groups is 1. The number of hydrogen-bond acceptors (Lipinski definition) is 3. The van der Waals surface area contributed by atoms with Crippen LogP contribution in [0.15, 0.2) is 53.7 Å². The Labute approximate surface area is 154 Å². The predicted octanol–water partition coefficient (Wildman–Crippen LogP) is 4.40. The summed E-state index contributed by atoms with van der Waals surface area (Å²) < 4.78 is 0. The lowest BCUT2D eigenvalue weighted by atomic mass is 10.1. The lowest BCUT2D eigenvalue weighted by Crippen LogP contribution is -2.38. The molecule has 0 aliphatic carbocycles. The number of carbonyl (C=O) groups is 1. The summed E-state index contributed by atoms with van der Waals surface area (Å²) in [6.07, 6.45) is 1.85. The van der Waals surface area contributed by atoms with Gasteiger partial charge in [0.05, 0.1) is 22.3 Å². The molecule has 25 heavy (non-hydrogen) atoms. The Morgan fingerprint density at radius 2 is 1.96 bits per heavy atom. The van der Waals surface area contributed by atoms with Crippen molar-refractivity contribution < 1.29 is 4.79 Å². The van der Waals surface area contributed by atoms with Gasteiger partial charge in [0.1, 0.15) is 0 Å². The molecular formula is C18H14Cl2N4O. The van der Waals surface area contributed by atoms with Gasteiger partial charge in [-0.25, -0.2) is 0 Å². The van der Waals surface area contributed by atoms with Gasteiger partial charge in [0, 0.05) is 29.2 Å². The van der Waals surface area contributed by atoms with E-state index in [0.717, 1.165) is 10.9 Å². The number of benzene rings is 2. The number of rotatable bonds is 2. The van der Waals surface area contributed by atoms with Gasteiger partial charge >= 0.3 is 0 Å². The number of fused-ring (bicyclic) bond motifs is 1. The first-order chi connectivity index (χ1) is 12.1. The maximum Gasteiger partial charge on any atom is 0.260 e. The fraction of sp³-hybridized carbons (Fsp3) is 0.111. The van der Waals surface area contributed by atoms with Crippen molar-refractivity contribution in [3.05, 3.63) is 64.3 Å². The smallest absolute Gasteiger partial charge is 0.260 e. The number of H-pyrrole nitrogens is 1. The highest BCUT2D eigenvalue weighted by Crippen LogP contribution is 2.30. The molecule has 2 aromatic carbocycles. The standard InChI is InChI=1S/C18H14Cl2N4O/c19-13-2-1-3-14(20)16(13)23-18-22-8-9-24(18)17(25)12-4-5-15-11(10-12)6-7-21-15/h1-7,10,21H,8-9H2,(H,22,23). The van der Waals surface area contributed by atoms with Crippen LogP contribution in [0.2, 0.25) is 10.0 Å². The summed E-state index contributed by atoms with van der Waals surface area (Å²) in [5, 5.41) is 5.04. The molecule has 0 radical (unpaired) electrons. The second kappa shape index (κ2) is 6.43. The Kier molecular flexibility index (Phi) is 4.11. The summed E-state index contributed by atoms with van der Waals surface area (Å²) in [5.74, 6) is 0.337. The molecule has 0 unspecified atom stereocenters. The second-order valence-corrected chi connectivity index (χ2v) is 6.48. The van der Waals surface area contributed by atoms with Crippen molar-refractivity contribution in [3.63, 3.8) is 0 Å². The first-order valence-corrected chi connectivity index (χ1v) is 8.53. The zero-order chi connectivity index (χ0) is 17.4. The summed E-state index contributed by atoms with van der Waals surface area (Å²) in [5.41, 5.74) is 2.15. The van der Waals surface area contributed by atoms with E-state index in [9.17, 15) is 4.79 Å². The lowest BCUT2D eigenvalue weighted by Gasteiger charge is -2.20. The summed E-state index contributed by atoms with van der Waals surface area (Å²) in [6, 6.07) is 12.7. The quantitative estimate of drug-likeness (QED) is 0.700. The number of aromatic amines is 1. The van der Waals surface area contributed by atoms with Crippen LogP contribution in [0, 0.1) is 0 Å². The van der Waals surface area contributed by atoms with E-state index in [1.165, 1.54) is 0 Å². The average molecular weight is 373 g/mol.